The topological polar surface area (TPSA) is 60.4 Å². The fourth-order valence-corrected chi connectivity index (χ4v) is 3.09. The minimum absolute atomic E-state index is 0.148. The van der Waals surface area contributed by atoms with Gasteiger partial charge in [0.05, 0.1) is 16.9 Å². The van der Waals surface area contributed by atoms with E-state index < -0.39 is 23.7 Å². The first kappa shape index (κ1) is 14.7. The molecule has 1 saturated heterocycles. The third kappa shape index (κ3) is 2.88. The molecule has 1 fully saturated rings. The summed E-state index contributed by atoms with van der Waals surface area (Å²) >= 11 is 5.98. The normalized spacial score (nSPS) is 18.7. The number of aliphatic carboxylic acids is 1. The molecule has 1 heterocycles. The van der Waals surface area contributed by atoms with Crippen molar-refractivity contribution in [3.05, 3.63) is 40.6 Å². The summed E-state index contributed by atoms with van der Waals surface area (Å²) in [7, 11) is 0. The number of carbonyl (C=O) groups excluding carboxylic acids is 2. The first-order chi connectivity index (χ1) is 9.40. The number of halogens is 1. The van der Waals surface area contributed by atoms with Crippen LogP contribution in [0.15, 0.2) is 29.2 Å². The van der Waals surface area contributed by atoms with E-state index in [2.05, 4.69) is 0 Å². The monoisotopic (exact) mass is 310 g/mol. The molecule has 1 aliphatic rings. The van der Waals surface area contributed by atoms with Gasteiger partial charge in [-0.15, -0.1) is 0 Å². The summed E-state index contributed by atoms with van der Waals surface area (Å²) in [6.45, 7) is 1.32. The summed E-state index contributed by atoms with van der Waals surface area (Å²) in [4.78, 5) is 24.2. The van der Waals surface area contributed by atoms with Crippen molar-refractivity contribution in [1.82, 2.24) is 4.90 Å². The number of carboxylic acids is 1. The van der Waals surface area contributed by atoms with E-state index in [1.54, 1.807) is 6.07 Å². The number of thioether (sulfide) groups is 1. The molecule has 0 N–H and O–H groups in total. The standard InChI is InChI=1S/C13H10FNO3S2/c1-7(12(17)18)15-11(16)10(20-13(15)19)6-8-3-2-4-9(14)5-8/h2-7H,1H3,(H,17,18)/p-1/b10-6-/t7-/m0/s1. The average molecular weight is 310 g/mol. The Bertz CT molecular complexity index is 630. The smallest absolute Gasteiger partial charge is 0.266 e. The highest BCUT2D eigenvalue weighted by Crippen LogP contribution is 2.33. The minimum Gasteiger partial charge on any atom is -0.548 e. The van der Waals surface area contributed by atoms with Gasteiger partial charge in [0.2, 0.25) is 0 Å². The summed E-state index contributed by atoms with van der Waals surface area (Å²) in [5, 5.41) is 10.8. The Hall–Kier alpha value is -1.73. The first-order valence-electron chi connectivity index (χ1n) is 5.63. The van der Waals surface area contributed by atoms with Crippen molar-refractivity contribution in [3.63, 3.8) is 0 Å². The van der Waals surface area contributed by atoms with E-state index in [4.69, 9.17) is 12.2 Å². The maximum absolute atomic E-state index is 13.1. The predicted octanol–water partition coefficient (Wildman–Crippen LogP) is 1.17. The first-order valence-corrected chi connectivity index (χ1v) is 6.86. The van der Waals surface area contributed by atoms with E-state index in [1.165, 1.54) is 31.2 Å². The Morgan fingerprint density at radius 2 is 2.25 bits per heavy atom. The lowest BCUT2D eigenvalue weighted by atomic mass is 10.2. The Morgan fingerprint density at radius 3 is 2.85 bits per heavy atom. The van der Waals surface area contributed by atoms with Gasteiger partial charge in [0.1, 0.15) is 10.1 Å². The Labute approximate surface area is 124 Å². The molecule has 1 atom stereocenters. The summed E-state index contributed by atoms with van der Waals surface area (Å²) < 4.78 is 13.2. The lowest BCUT2D eigenvalue weighted by Gasteiger charge is -2.23. The summed E-state index contributed by atoms with van der Waals surface area (Å²) in [6, 6.07) is 4.58. The van der Waals surface area contributed by atoms with Crippen molar-refractivity contribution in [1.29, 1.82) is 0 Å². The van der Waals surface area contributed by atoms with Gasteiger partial charge in [0, 0.05) is 0 Å². The number of amides is 1. The van der Waals surface area contributed by atoms with Crippen LogP contribution in [0, 0.1) is 5.82 Å². The van der Waals surface area contributed by atoms with Crippen LogP contribution >= 0.6 is 24.0 Å². The highest BCUT2D eigenvalue weighted by atomic mass is 32.2. The Morgan fingerprint density at radius 1 is 1.55 bits per heavy atom. The van der Waals surface area contributed by atoms with Crippen LogP contribution in [0.2, 0.25) is 0 Å². The quantitative estimate of drug-likeness (QED) is 0.619. The molecular formula is C13H9FNO3S2-. The van der Waals surface area contributed by atoms with Crippen LogP contribution in [-0.4, -0.2) is 27.1 Å². The fraction of sp³-hybridized carbons (Fsp3) is 0.154. The molecule has 1 aromatic carbocycles. The molecule has 1 aromatic rings. The average Bonchev–Trinajstić information content (AvgIpc) is 2.63. The molecular weight excluding hydrogens is 301 g/mol. The van der Waals surface area contributed by atoms with Crippen LogP contribution < -0.4 is 5.11 Å². The van der Waals surface area contributed by atoms with Gasteiger partial charge in [-0.2, -0.15) is 0 Å². The Kier molecular flexibility index (Phi) is 4.20. The van der Waals surface area contributed by atoms with E-state index in [1.807, 2.05) is 0 Å². The lowest BCUT2D eigenvalue weighted by Crippen LogP contribution is -2.48. The van der Waals surface area contributed by atoms with E-state index in [9.17, 15) is 19.1 Å². The van der Waals surface area contributed by atoms with Crippen molar-refractivity contribution in [2.45, 2.75) is 13.0 Å². The molecule has 1 aliphatic heterocycles. The second-order valence-corrected chi connectivity index (χ2v) is 5.78. The number of hydrogen-bond acceptors (Lipinski definition) is 5. The highest BCUT2D eigenvalue weighted by Gasteiger charge is 2.35. The largest absolute Gasteiger partial charge is 0.548 e. The molecule has 0 spiro atoms. The maximum Gasteiger partial charge on any atom is 0.266 e. The van der Waals surface area contributed by atoms with Crippen LogP contribution in [0.3, 0.4) is 0 Å². The van der Waals surface area contributed by atoms with Gasteiger partial charge in [-0.25, -0.2) is 4.39 Å². The van der Waals surface area contributed by atoms with Crippen LogP contribution in [0.5, 0.6) is 0 Å². The van der Waals surface area contributed by atoms with E-state index >= 15 is 0 Å². The van der Waals surface area contributed by atoms with Crippen LogP contribution in [0.4, 0.5) is 4.39 Å². The molecule has 4 nitrogen and oxygen atoms in total. The molecule has 20 heavy (non-hydrogen) atoms. The summed E-state index contributed by atoms with van der Waals surface area (Å²) in [5.41, 5.74) is 0.506. The number of thiocarbonyl (C=S) groups is 1. The predicted molar refractivity (Wildman–Crippen MR) is 75.9 cm³/mol. The van der Waals surface area contributed by atoms with Gasteiger partial charge >= 0.3 is 0 Å². The zero-order chi connectivity index (χ0) is 14.9. The minimum atomic E-state index is -1.38. The number of nitrogens with zero attached hydrogens (tertiary/aromatic N) is 1. The van der Waals surface area contributed by atoms with Gasteiger partial charge < -0.3 is 9.90 Å². The van der Waals surface area contributed by atoms with Crippen LogP contribution in [-0.2, 0) is 9.59 Å². The van der Waals surface area contributed by atoms with E-state index in [0.29, 0.717) is 5.56 Å². The SMILES string of the molecule is C[C@@H](C(=O)[O-])N1C(=O)/C(=C/c2cccc(F)c2)SC1=S. The van der Waals surface area contributed by atoms with Crippen LogP contribution in [0.1, 0.15) is 12.5 Å². The molecule has 0 unspecified atom stereocenters. The van der Waals surface area contributed by atoms with Gasteiger partial charge in [0.25, 0.3) is 5.91 Å². The molecule has 104 valence electrons. The van der Waals surface area contributed by atoms with Crippen molar-refractivity contribution in [2.75, 3.05) is 0 Å². The van der Waals surface area contributed by atoms with Gasteiger partial charge in [-0.1, -0.05) is 36.1 Å². The molecule has 0 aromatic heterocycles. The van der Waals surface area contributed by atoms with Gasteiger partial charge in [-0.05, 0) is 30.7 Å². The van der Waals surface area contributed by atoms with Gasteiger partial charge in [-0.3, -0.25) is 9.69 Å². The molecule has 1 amide bonds. The zero-order valence-corrected chi connectivity index (χ0v) is 12.0. The number of carboxylic acid groups (broad SMARTS) is 1. The summed E-state index contributed by atoms with van der Waals surface area (Å²) in [5.74, 6) is -2.31. The van der Waals surface area contributed by atoms with Crippen molar-refractivity contribution in [3.8, 4) is 0 Å². The molecule has 0 saturated carbocycles. The van der Waals surface area contributed by atoms with E-state index in [-0.39, 0.29) is 9.23 Å². The second kappa shape index (κ2) is 5.72. The fourth-order valence-electron chi connectivity index (χ4n) is 1.67. The molecule has 0 radical (unpaired) electrons. The van der Waals surface area contributed by atoms with Crippen molar-refractivity contribution in [2.24, 2.45) is 0 Å². The molecule has 0 aliphatic carbocycles. The number of carbonyl (C=O) groups is 2. The maximum atomic E-state index is 13.1. The molecule has 0 bridgehead atoms. The second-order valence-electron chi connectivity index (χ2n) is 4.10. The summed E-state index contributed by atoms with van der Waals surface area (Å²) in [6.07, 6.45) is 1.48. The van der Waals surface area contributed by atoms with Crippen molar-refractivity contribution < 1.29 is 19.1 Å². The third-order valence-corrected chi connectivity index (χ3v) is 4.03. The third-order valence-electron chi connectivity index (χ3n) is 2.70. The van der Waals surface area contributed by atoms with Crippen molar-refractivity contribution >= 4 is 46.3 Å². The lowest BCUT2D eigenvalue weighted by molar-refractivity contribution is -0.309. The molecule has 7 heteroatoms. The van der Waals surface area contributed by atoms with E-state index in [0.717, 1.165) is 16.7 Å². The molecule has 2 rings (SSSR count). The highest BCUT2D eigenvalue weighted by molar-refractivity contribution is 8.26. The number of hydrogen-bond donors (Lipinski definition) is 0. The zero-order valence-electron chi connectivity index (χ0n) is 10.3. The van der Waals surface area contributed by atoms with Gasteiger partial charge in [0.15, 0.2) is 0 Å². The number of benzene rings is 1. The van der Waals surface area contributed by atoms with Crippen LogP contribution in [0.25, 0.3) is 6.08 Å². The number of rotatable bonds is 3. The Balaban J connectivity index is 2.30.